The van der Waals surface area contributed by atoms with E-state index in [2.05, 4.69) is 17.6 Å². The lowest BCUT2D eigenvalue weighted by Crippen LogP contribution is -2.51. The minimum Gasteiger partial charge on any atom is -0.481 e. The third kappa shape index (κ3) is 5.18. The molecule has 2 aromatic rings. The lowest BCUT2D eigenvalue weighted by atomic mass is 9.98. The highest BCUT2D eigenvalue weighted by Gasteiger charge is 2.44. The van der Waals surface area contributed by atoms with Gasteiger partial charge in [-0.2, -0.15) is 0 Å². The van der Waals surface area contributed by atoms with Crippen LogP contribution >= 0.6 is 0 Å². The predicted molar refractivity (Wildman–Crippen MR) is 124 cm³/mol. The van der Waals surface area contributed by atoms with E-state index in [9.17, 15) is 19.5 Å². The number of amides is 2. The number of carboxylic acid groups (broad SMARTS) is 1. The normalized spacial score (nSPS) is 16.3. The van der Waals surface area contributed by atoms with Gasteiger partial charge >= 0.3 is 12.1 Å². The van der Waals surface area contributed by atoms with E-state index >= 15 is 0 Å². The second-order valence-corrected chi connectivity index (χ2v) is 8.99. The monoisotopic (exact) mass is 450 g/mol. The summed E-state index contributed by atoms with van der Waals surface area (Å²) < 4.78 is 5.49. The van der Waals surface area contributed by atoms with E-state index in [0.29, 0.717) is 0 Å². The SMILES string of the molecule is CCCCC1(NC(=O)C(CC(=O)O)NC(=O)OCC2c3ccccc3-c3ccccc32)CC1. The van der Waals surface area contributed by atoms with E-state index in [1.807, 2.05) is 48.5 Å². The minimum atomic E-state index is -1.18. The molecule has 0 aliphatic heterocycles. The van der Waals surface area contributed by atoms with Crippen molar-refractivity contribution in [3.8, 4) is 11.1 Å². The van der Waals surface area contributed by atoms with Gasteiger partial charge in [-0.15, -0.1) is 0 Å². The summed E-state index contributed by atoms with van der Waals surface area (Å²) in [4.78, 5) is 36.7. The molecule has 0 aromatic heterocycles. The van der Waals surface area contributed by atoms with Gasteiger partial charge in [-0.1, -0.05) is 68.3 Å². The fourth-order valence-corrected chi connectivity index (χ4v) is 4.62. The maximum absolute atomic E-state index is 12.8. The Labute approximate surface area is 193 Å². The predicted octanol–water partition coefficient (Wildman–Crippen LogP) is 4.21. The van der Waals surface area contributed by atoms with Crippen LogP contribution in [0.2, 0.25) is 0 Å². The molecule has 2 aliphatic carbocycles. The van der Waals surface area contributed by atoms with E-state index in [1.165, 1.54) is 0 Å². The Balaban J connectivity index is 1.39. The molecule has 2 amide bonds. The number of nitrogens with one attached hydrogen (secondary N) is 2. The smallest absolute Gasteiger partial charge is 0.407 e. The molecule has 0 bridgehead atoms. The quantitative estimate of drug-likeness (QED) is 0.503. The highest BCUT2D eigenvalue weighted by molar-refractivity contribution is 5.90. The first-order valence-electron chi connectivity index (χ1n) is 11.6. The number of unbranched alkanes of at least 4 members (excludes halogenated alkanes) is 1. The molecule has 0 radical (unpaired) electrons. The van der Waals surface area contributed by atoms with Crippen LogP contribution in [0.4, 0.5) is 4.79 Å². The largest absolute Gasteiger partial charge is 0.481 e. The highest BCUT2D eigenvalue weighted by atomic mass is 16.5. The van der Waals surface area contributed by atoms with E-state index in [-0.39, 0.29) is 18.1 Å². The topological polar surface area (TPSA) is 105 Å². The molecular weight excluding hydrogens is 420 g/mol. The second kappa shape index (κ2) is 9.65. The molecule has 1 atom stereocenters. The Morgan fingerprint density at radius 1 is 1.06 bits per heavy atom. The van der Waals surface area contributed by atoms with Crippen molar-refractivity contribution in [3.63, 3.8) is 0 Å². The van der Waals surface area contributed by atoms with Gasteiger partial charge in [0.2, 0.25) is 5.91 Å². The van der Waals surface area contributed by atoms with E-state index < -0.39 is 30.4 Å². The van der Waals surface area contributed by atoms with Crippen LogP contribution in [-0.2, 0) is 14.3 Å². The van der Waals surface area contributed by atoms with Crippen molar-refractivity contribution < 1.29 is 24.2 Å². The Morgan fingerprint density at radius 3 is 2.21 bits per heavy atom. The second-order valence-electron chi connectivity index (χ2n) is 8.99. The summed E-state index contributed by atoms with van der Waals surface area (Å²) in [5, 5.41) is 14.7. The first-order valence-corrected chi connectivity index (χ1v) is 11.6. The zero-order chi connectivity index (χ0) is 23.4. The number of aliphatic carboxylic acids is 1. The summed E-state index contributed by atoms with van der Waals surface area (Å²) >= 11 is 0. The number of carboxylic acids is 1. The van der Waals surface area contributed by atoms with Crippen LogP contribution < -0.4 is 10.6 Å². The van der Waals surface area contributed by atoms with Crippen molar-refractivity contribution in [3.05, 3.63) is 59.7 Å². The summed E-state index contributed by atoms with van der Waals surface area (Å²) in [5.41, 5.74) is 4.14. The molecule has 2 aromatic carbocycles. The molecule has 1 saturated carbocycles. The summed E-state index contributed by atoms with van der Waals surface area (Å²) in [6, 6.07) is 14.8. The average Bonchev–Trinajstić information content (AvgIpc) is 3.49. The third-order valence-electron chi connectivity index (χ3n) is 6.58. The van der Waals surface area contributed by atoms with E-state index in [4.69, 9.17) is 4.74 Å². The van der Waals surface area contributed by atoms with Crippen LogP contribution in [0.15, 0.2) is 48.5 Å². The molecule has 0 spiro atoms. The molecule has 33 heavy (non-hydrogen) atoms. The zero-order valence-electron chi connectivity index (χ0n) is 18.8. The zero-order valence-corrected chi connectivity index (χ0v) is 18.8. The molecule has 4 rings (SSSR count). The molecule has 7 heteroatoms. The van der Waals surface area contributed by atoms with Gasteiger partial charge in [0.1, 0.15) is 12.6 Å². The lowest BCUT2D eigenvalue weighted by Gasteiger charge is -2.22. The standard InChI is InChI=1S/C26H30N2O5/c1-2-3-12-26(13-14-26)28-24(31)22(15-23(29)30)27-25(32)33-16-21-19-10-6-4-8-17(19)18-9-5-7-11-20(18)21/h4-11,21-22H,2-3,12-16H2,1H3,(H,27,32)(H,28,31)(H,29,30). The van der Waals surface area contributed by atoms with Crippen molar-refractivity contribution in [2.24, 2.45) is 0 Å². The number of alkyl carbamates (subject to hydrolysis) is 1. The van der Waals surface area contributed by atoms with Crippen molar-refractivity contribution >= 4 is 18.0 Å². The Hall–Kier alpha value is -3.35. The number of carbonyl (C=O) groups is 3. The van der Waals surface area contributed by atoms with Gasteiger partial charge in [-0.25, -0.2) is 4.79 Å². The van der Waals surface area contributed by atoms with Crippen LogP contribution in [0.25, 0.3) is 11.1 Å². The van der Waals surface area contributed by atoms with Gasteiger partial charge in [0.25, 0.3) is 0 Å². The Kier molecular flexibility index (Phi) is 6.67. The molecule has 3 N–H and O–H groups in total. The molecule has 0 saturated heterocycles. The van der Waals surface area contributed by atoms with Crippen molar-refractivity contribution in [2.75, 3.05) is 6.61 Å². The highest BCUT2D eigenvalue weighted by Crippen LogP contribution is 2.44. The van der Waals surface area contributed by atoms with Crippen molar-refractivity contribution in [1.29, 1.82) is 0 Å². The summed E-state index contributed by atoms with van der Waals surface area (Å²) in [6.45, 7) is 2.19. The van der Waals surface area contributed by atoms with Crippen molar-refractivity contribution in [2.45, 2.75) is 62.9 Å². The van der Waals surface area contributed by atoms with Gasteiger partial charge in [-0.05, 0) is 41.5 Å². The molecule has 0 heterocycles. The van der Waals surface area contributed by atoms with Crippen LogP contribution in [0.1, 0.15) is 62.5 Å². The van der Waals surface area contributed by atoms with Crippen LogP contribution in [-0.4, -0.2) is 41.3 Å². The third-order valence-corrected chi connectivity index (χ3v) is 6.58. The maximum Gasteiger partial charge on any atom is 0.407 e. The number of fused-ring (bicyclic) bond motifs is 3. The molecule has 7 nitrogen and oxygen atoms in total. The van der Waals surface area contributed by atoms with Crippen LogP contribution in [0.5, 0.6) is 0 Å². The number of benzene rings is 2. The average molecular weight is 451 g/mol. The Morgan fingerprint density at radius 2 is 1.67 bits per heavy atom. The summed E-state index contributed by atoms with van der Waals surface area (Å²) in [5.74, 6) is -1.74. The number of ether oxygens (including phenoxy) is 1. The maximum atomic E-state index is 12.8. The first-order chi connectivity index (χ1) is 15.9. The van der Waals surface area contributed by atoms with E-state index in [1.54, 1.807) is 0 Å². The molecular formula is C26H30N2O5. The molecule has 1 fully saturated rings. The van der Waals surface area contributed by atoms with Gasteiger partial charge in [-0.3, -0.25) is 9.59 Å². The van der Waals surface area contributed by atoms with Gasteiger partial charge in [0, 0.05) is 11.5 Å². The number of hydrogen-bond acceptors (Lipinski definition) is 4. The fraction of sp³-hybridized carbons (Fsp3) is 0.423. The van der Waals surface area contributed by atoms with Crippen LogP contribution in [0.3, 0.4) is 0 Å². The lowest BCUT2D eigenvalue weighted by molar-refractivity contribution is -0.140. The molecule has 174 valence electrons. The fourth-order valence-electron chi connectivity index (χ4n) is 4.62. The van der Waals surface area contributed by atoms with E-state index in [0.717, 1.165) is 54.4 Å². The van der Waals surface area contributed by atoms with Crippen molar-refractivity contribution in [1.82, 2.24) is 10.6 Å². The number of carbonyl (C=O) groups excluding carboxylic acids is 2. The first kappa shape index (κ1) is 22.8. The molecule has 1 unspecified atom stereocenters. The Bertz CT molecular complexity index is 1000. The summed E-state index contributed by atoms with van der Waals surface area (Å²) in [6.07, 6.45) is 3.33. The van der Waals surface area contributed by atoms with Crippen LogP contribution in [0, 0.1) is 0 Å². The van der Waals surface area contributed by atoms with Gasteiger partial charge in [0.15, 0.2) is 0 Å². The number of rotatable bonds is 10. The summed E-state index contributed by atoms with van der Waals surface area (Å²) in [7, 11) is 0. The number of hydrogen-bond donors (Lipinski definition) is 3. The van der Waals surface area contributed by atoms with Gasteiger partial charge < -0.3 is 20.5 Å². The molecule has 2 aliphatic rings. The van der Waals surface area contributed by atoms with Gasteiger partial charge in [0.05, 0.1) is 6.42 Å². The minimum absolute atomic E-state index is 0.0989.